The predicted molar refractivity (Wildman–Crippen MR) is 108 cm³/mol. The molecule has 0 bridgehead atoms. The second-order valence-corrected chi connectivity index (χ2v) is 6.54. The van der Waals surface area contributed by atoms with Crippen LogP contribution in [0.1, 0.15) is 22.0 Å². The van der Waals surface area contributed by atoms with Crippen molar-refractivity contribution in [3.63, 3.8) is 0 Å². The summed E-state index contributed by atoms with van der Waals surface area (Å²) in [7, 11) is 4.39. The van der Waals surface area contributed by atoms with Crippen molar-refractivity contribution in [2.24, 2.45) is 0 Å². The lowest BCUT2D eigenvalue weighted by Crippen LogP contribution is -2.44. The molecule has 2 aromatic carbocycles. The first-order valence-corrected chi connectivity index (χ1v) is 9.51. The molecule has 0 unspecified atom stereocenters. The molecule has 30 heavy (non-hydrogen) atoms. The van der Waals surface area contributed by atoms with Gasteiger partial charge in [-0.3, -0.25) is 4.79 Å². The lowest BCUT2D eigenvalue weighted by molar-refractivity contribution is -0.145. The van der Waals surface area contributed by atoms with Crippen molar-refractivity contribution in [2.45, 2.75) is 6.10 Å². The lowest BCUT2D eigenvalue weighted by atomic mass is 10.1. The smallest absolute Gasteiger partial charge is 0.343 e. The highest BCUT2D eigenvalue weighted by molar-refractivity contribution is 5.96. The standard InChI is InChI=1S/C22H25NO7/c1-26-17-14-19(28-3)18(27-2)13-16(17)22(25)30-20(15-7-5-4-6-8-15)21(24)23-9-11-29-12-10-23/h4-8,13-14,20H,9-12H2,1-3H3/t20-/m1/s1. The predicted octanol–water partition coefficient (Wildman–Crippen LogP) is 2.47. The van der Waals surface area contributed by atoms with Crippen LogP contribution >= 0.6 is 0 Å². The van der Waals surface area contributed by atoms with Gasteiger partial charge in [-0.05, 0) is 0 Å². The van der Waals surface area contributed by atoms with Crippen LogP contribution in [0, 0.1) is 0 Å². The van der Waals surface area contributed by atoms with Crippen molar-refractivity contribution >= 4 is 11.9 Å². The maximum Gasteiger partial charge on any atom is 0.343 e. The maximum absolute atomic E-state index is 13.2. The third-order valence-corrected chi connectivity index (χ3v) is 4.80. The Labute approximate surface area is 175 Å². The van der Waals surface area contributed by atoms with Gasteiger partial charge in [0, 0.05) is 30.8 Å². The molecule has 0 N–H and O–H groups in total. The van der Waals surface area contributed by atoms with E-state index in [1.807, 2.05) is 6.07 Å². The van der Waals surface area contributed by atoms with Gasteiger partial charge < -0.3 is 28.6 Å². The number of carbonyl (C=O) groups is 2. The Morgan fingerprint density at radius 3 is 2.10 bits per heavy atom. The van der Waals surface area contributed by atoms with Crippen molar-refractivity contribution in [1.82, 2.24) is 4.90 Å². The number of benzene rings is 2. The minimum absolute atomic E-state index is 0.130. The first-order valence-electron chi connectivity index (χ1n) is 9.51. The SMILES string of the molecule is COc1cc(OC)c(C(=O)O[C@@H](C(=O)N2CCOCC2)c2ccccc2)cc1OC. The average Bonchev–Trinajstić information content (AvgIpc) is 2.82. The van der Waals surface area contributed by atoms with Crippen LogP contribution in [0.5, 0.6) is 17.2 Å². The zero-order valence-electron chi connectivity index (χ0n) is 17.3. The van der Waals surface area contributed by atoms with Crippen LogP contribution in [-0.4, -0.2) is 64.4 Å². The molecular formula is C22H25NO7. The van der Waals surface area contributed by atoms with Gasteiger partial charge in [0.05, 0.1) is 34.5 Å². The molecule has 1 aliphatic rings. The van der Waals surface area contributed by atoms with E-state index >= 15 is 0 Å². The number of esters is 1. The number of rotatable bonds is 7. The van der Waals surface area contributed by atoms with E-state index in [1.165, 1.54) is 33.5 Å². The van der Waals surface area contributed by atoms with E-state index in [2.05, 4.69) is 0 Å². The van der Waals surface area contributed by atoms with Crippen molar-refractivity contribution in [3.05, 3.63) is 53.6 Å². The molecule has 1 saturated heterocycles. The summed E-state index contributed by atoms with van der Waals surface area (Å²) in [6, 6.07) is 11.9. The summed E-state index contributed by atoms with van der Waals surface area (Å²) in [4.78, 5) is 27.9. The monoisotopic (exact) mass is 415 g/mol. The lowest BCUT2D eigenvalue weighted by Gasteiger charge is -2.30. The summed E-state index contributed by atoms with van der Waals surface area (Å²) in [5, 5.41) is 0. The van der Waals surface area contributed by atoms with Crippen molar-refractivity contribution < 1.29 is 33.3 Å². The van der Waals surface area contributed by atoms with Gasteiger partial charge >= 0.3 is 5.97 Å². The highest BCUT2D eigenvalue weighted by atomic mass is 16.6. The first kappa shape index (κ1) is 21.4. The molecule has 1 fully saturated rings. The molecule has 2 aromatic rings. The summed E-state index contributed by atoms with van der Waals surface area (Å²) in [5.41, 5.74) is 0.715. The van der Waals surface area contributed by atoms with Gasteiger partial charge in [-0.1, -0.05) is 30.3 Å². The highest BCUT2D eigenvalue weighted by Gasteiger charge is 2.32. The van der Waals surface area contributed by atoms with Gasteiger partial charge in [0.2, 0.25) is 6.10 Å². The Kier molecular flexibility index (Phi) is 7.13. The third kappa shape index (κ3) is 4.65. The van der Waals surface area contributed by atoms with Gasteiger partial charge in [-0.25, -0.2) is 4.79 Å². The fourth-order valence-electron chi connectivity index (χ4n) is 3.20. The Morgan fingerprint density at radius 1 is 0.900 bits per heavy atom. The number of carbonyl (C=O) groups excluding carboxylic acids is 2. The molecule has 1 amide bonds. The summed E-state index contributed by atoms with van der Waals surface area (Å²) in [5.74, 6) is 0.0137. The van der Waals surface area contributed by atoms with Gasteiger partial charge in [0.25, 0.3) is 5.91 Å². The Morgan fingerprint density at radius 2 is 1.50 bits per heavy atom. The quantitative estimate of drug-likeness (QED) is 0.643. The van der Waals surface area contributed by atoms with E-state index in [0.717, 1.165) is 0 Å². The zero-order chi connectivity index (χ0) is 21.5. The zero-order valence-corrected chi connectivity index (χ0v) is 17.3. The molecular weight excluding hydrogens is 390 g/mol. The number of morpholine rings is 1. The minimum Gasteiger partial charge on any atom is -0.496 e. The van der Waals surface area contributed by atoms with Crippen molar-refractivity contribution in [2.75, 3.05) is 47.6 Å². The van der Waals surface area contributed by atoms with E-state index in [4.69, 9.17) is 23.7 Å². The summed E-state index contributed by atoms with van der Waals surface area (Å²) >= 11 is 0. The molecule has 0 spiro atoms. The van der Waals surface area contributed by atoms with Crippen molar-refractivity contribution in [1.29, 1.82) is 0 Å². The van der Waals surface area contributed by atoms with Gasteiger partial charge in [0.15, 0.2) is 11.5 Å². The molecule has 0 aromatic heterocycles. The maximum atomic E-state index is 13.2. The van der Waals surface area contributed by atoms with Crippen LogP contribution in [0.4, 0.5) is 0 Å². The topological polar surface area (TPSA) is 83.5 Å². The molecule has 1 heterocycles. The van der Waals surface area contributed by atoms with E-state index in [9.17, 15) is 9.59 Å². The van der Waals surface area contributed by atoms with Crippen LogP contribution in [0.2, 0.25) is 0 Å². The number of hydrogen-bond donors (Lipinski definition) is 0. The molecule has 3 rings (SSSR count). The summed E-state index contributed by atoms with van der Waals surface area (Å²) in [6.07, 6.45) is -1.09. The van der Waals surface area contributed by atoms with E-state index < -0.39 is 12.1 Å². The first-order chi connectivity index (χ1) is 14.6. The molecule has 1 aliphatic heterocycles. The molecule has 0 saturated carbocycles. The fourth-order valence-corrected chi connectivity index (χ4v) is 3.20. The number of hydrogen-bond acceptors (Lipinski definition) is 7. The largest absolute Gasteiger partial charge is 0.496 e. The Balaban J connectivity index is 1.92. The van der Waals surface area contributed by atoms with Gasteiger partial charge in [0.1, 0.15) is 11.3 Å². The molecule has 1 atom stereocenters. The minimum atomic E-state index is -1.09. The molecule has 8 heteroatoms. The van der Waals surface area contributed by atoms with Crippen LogP contribution < -0.4 is 14.2 Å². The normalized spacial score (nSPS) is 14.6. The van der Waals surface area contributed by atoms with Crippen LogP contribution in [-0.2, 0) is 14.3 Å². The van der Waals surface area contributed by atoms with Crippen molar-refractivity contribution in [3.8, 4) is 17.2 Å². The summed E-state index contributed by atoms with van der Waals surface area (Å²) in [6.45, 7) is 1.79. The van der Waals surface area contributed by atoms with Crippen LogP contribution in [0.25, 0.3) is 0 Å². The molecule has 160 valence electrons. The fraction of sp³-hybridized carbons (Fsp3) is 0.364. The Hall–Kier alpha value is -3.26. The second-order valence-electron chi connectivity index (χ2n) is 6.54. The van der Waals surface area contributed by atoms with E-state index in [-0.39, 0.29) is 17.2 Å². The van der Waals surface area contributed by atoms with Crippen LogP contribution in [0.15, 0.2) is 42.5 Å². The van der Waals surface area contributed by atoms with E-state index in [1.54, 1.807) is 29.2 Å². The number of nitrogens with zero attached hydrogens (tertiary/aromatic N) is 1. The highest BCUT2D eigenvalue weighted by Crippen LogP contribution is 2.36. The third-order valence-electron chi connectivity index (χ3n) is 4.80. The van der Waals surface area contributed by atoms with Crippen LogP contribution in [0.3, 0.4) is 0 Å². The summed E-state index contributed by atoms with van der Waals surface area (Å²) < 4.78 is 26.9. The van der Waals surface area contributed by atoms with Gasteiger partial charge in [-0.15, -0.1) is 0 Å². The number of ether oxygens (including phenoxy) is 5. The molecule has 8 nitrogen and oxygen atoms in total. The molecule has 0 radical (unpaired) electrons. The van der Waals surface area contributed by atoms with E-state index in [0.29, 0.717) is 43.4 Å². The molecule has 0 aliphatic carbocycles. The second kappa shape index (κ2) is 9.98. The Bertz CT molecular complexity index is 879. The number of amides is 1. The van der Waals surface area contributed by atoms with Gasteiger partial charge in [-0.2, -0.15) is 0 Å². The average molecular weight is 415 g/mol. The number of methoxy groups -OCH3 is 3.